The molecule has 2 aliphatic heterocycles. The smallest absolute Gasteiger partial charge is 0.337 e. The van der Waals surface area contributed by atoms with Crippen molar-refractivity contribution in [3.63, 3.8) is 0 Å². The number of hydrogen-bond donors (Lipinski definition) is 1. The monoisotopic (exact) mass is 677 g/mol. The van der Waals surface area contributed by atoms with Gasteiger partial charge in [0.05, 0.1) is 32.7 Å². The van der Waals surface area contributed by atoms with Crippen molar-refractivity contribution in [3.05, 3.63) is 0 Å². The quantitative estimate of drug-likeness (QED) is 0.103. The Labute approximate surface area is 274 Å². The molecule has 4 atom stereocenters. The van der Waals surface area contributed by atoms with E-state index in [0.717, 1.165) is 25.8 Å². The molecule has 2 heterocycles. The zero-order chi connectivity index (χ0) is 32.9. The largest absolute Gasteiger partial charge is 0.698 e. The van der Waals surface area contributed by atoms with Gasteiger partial charge < -0.3 is 15.1 Å². The third-order valence-corrected chi connectivity index (χ3v) is 10.3. The molecule has 4 unspecified atom stereocenters. The molecule has 2 rings (SSSR count). The van der Waals surface area contributed by atoms with Crippen molar-refractivity contribution in [2.75, 3.05) is 39.3 Å². The van der Waals surface area contributed by atoms with Crippen LogP contribution in [0.3, 0.4) is 0 Å². The predicted molar refractivity (Wildman–Crippen MR) is 177 cm³/mol. The Morgan fingerprint density at radius 1 is 0.533 bits per heavy atom. The average molecular weight is 678 g/mol. The molecule has 0 aromatic rings. The first-order valence-corrected chi connectivity index (χ1v) is 19.7. The molecular weight excluding hydrogens is 616 g/mol. The van der Waals surface area contributed by atoms with Crippen LogP contribution < -0.4 is 5.32 Å². The molecule has 2 aliphatic rings. The van der Waals surface area contributed by atoms with E-state index in [1.54, 1.807) is 23.6 Å². The topological polar surface area (TPSA) is 124 Å². The molecule has 13 heteroatoms. The molecule has 0 saturated carbocycles. The van der Waals surface area contributed by atoms with Crippen LogP contribution in [-0.4, -0.2) is 85.3 Å². The number of carbonyl (C=O) groups excluding carboxylic acids is 2. The van der Waals surface area contributed by atoms with E-state index in [1.807, 2.05) is 13.8 Å². The molecule has 0 bridgehead atoms. The van der Waals surface area contributed by atoms with Crippen molar-refractivity contribution < 1.29 is 36.8 Å². The second-order valence-corrected chi connectivity index (χ2v) is 14.7. The molecule has 0 radical (unpaired) electrons. The highest BCUT2D eigenvalue weighted by Gasteiger charge is 2.35. The Kier molecular flexibility index (Phi) is 21.5. The van der Waals surface area contributed by atoms with Crippen LogP contribution in [0.5, 0.6) is 0 Å². The summed E-state index contributed by atoms with van der Waals surface area (Å²) in [6.07, 6.45) is 17.8. The lowest BCUT2D eigenvalue weighted by molar-refractivity contribution is -0.134. The van der Waals surface area contributed by atoms with E-state index >= 15 is 0 Å². The van der Waals surface area contributed by atoms with Gasteiger partial charge in [-0.3, -0.25) is 9.59 Å². The zero-order valence-corrected chi connectivity index (χ0v) is 30.2. The summed E-state index contributed by atoms with van der Waals surface area (Å²) in [5.41, 5.74) is 0. The molecule has 0 spiro atoms. The Morgan fingerprint density at radius 2 is 0.844 bits per heavy atom. The minimum absolute atomic E-state index is 0.0279. The number of amides is 2. The third kappa shape index (κ3) is 19.4. The van der Waals surface area contributed by atoms with Crippen molar-refractivity contribution in [2.24, 2.45) is 0 Å². The first-order valence-electron chi connectivity index (χ1n) is 17.5. The maximum Gasteiger partial charge on any atom is 0.698 e. The van der Waals surface area contributed by atoms with Crippen LogP contribution in [0.2, 0.25) is 0 Å². The van der Waals surface area contributed by atoms with E-state index in [4.69, 9.17) is 18.1 Å². The average Bonchev–Trinajstić information content (AvgIpc) is 2.95. The normalized spacial score (nSPS) is 25.0. The summed E-state index contributed by atoms with van der Waals surface area (Å²) in [6, 6.07) is 0. The van der Waals surface area contributed by atoms with Crippen molar-refractivity contribution in [2.45, 2.75) is 155 Å². The zero-order valence-electron chi connectivity index (χ0n) is 28.4. The molecule has 0 aromatic carbocycles. The fraction of sp³-hybridized carbons (Fsp3) is 0.938. The van der Waals surface area contributed by atoms with Gasteiger partial charge >= 0.3 is 16.5 Å². The molecule has 2 fully saturated rings. The van der Waals surface area contributed by atoms with Gasteiger partial charge in [0.2, 0.25) is 11.8 Å². The highest BCUT2D eigenvalue weighted by Crippen LogP contribution is 2.31. The van der Waals surface area contributed by atoms with E-state index < -0.39 is 16.5 Å². The Morgan fingerprint density at radius 3 is 1.22 bits per heavy atom. The first-order chi connectivity index (χ1) is 21.6. The number of unbranched alkanes of at least 4 members (excludes halogenated alkanes) is 14. The van der Waals surface area contributed by atoms with Gasteiger partial charge in [0.1, 0.15) is 24.4 Å². The molecule has 11 nitrogen and oxygen atoms in total. The van der Waals surface area contributed by atoms with Gasteiger partial charge in [-0.1, -0.05) is 83.5 Å². The predicted octanol–water partition coefficient (Wildman–Crippen LogP) is 7.44. The lowest BCUT2D eigenvalue weighted by Gasteiger charge is -2.27. The van der Waals surface area contributed by atoms with Crippen LogP contribution >= 0.6 is 16.5 Å². The molecule has 2 amide bonds. The van der Waals surface area contributed by atoms with E-state index in [-0.39, 0.29) is 36.2 Å². The summed E-state index contributed by atoms with van der Waals surface area (Å²) in [4.78, 5) is 28.7. The highest BCUT2D eigenvalue weighted by atomic mass is 31.1. The van der Waals surface area contributed by atoms with E-state index in [1.165, 1.54) is 77.0 Å². The lowest BCUT2D eigenvalue weighted by atomic mass is 10.0. The fourth-order valence-electron chi connectivity index (χ4n) is 5.86. The number of hydrogen-bond acceptors (Lipinski definition) is 9. The van der Waals surface area contributed by atoms with Crippen molar-refractivity contribution in [1.82, 2.24) is 15.1 Å². The maximum atomic E-state index is 12.6. The standard InChI is InChI=1S/C32H61N3O8P2/c1-27-23-34(24-28(2)41-44(38)40-27)31(36)20-18-16-14-12-10-8-6-5-7-9-11-13-15-17-19-21-33-22-32(37)35-25-29(3)42-45(39)43-30(4)26-35/h27-30,33H,5-26H2,1-4H3/q+2. The molecule has 0 aliphatic carbocycles. The van der Waals surface area contributed by atoms with Crippen LogP contribution in [0, 0.1) is 0 Å². The van der Waals surface area contributed by atoms with Crippen LogP contribution in [0.25, 0.3) is 0 Å². The minimum atomic E-state index is -2.11. The molecule has 1 N–H and O–H groups in total. The van der Waals surface area contributed by atoms with Gasteiger partial charge in [-0.2, -0.15) is 0 Å². The Bertz CT molecular complexity index is 783. The lowest BCUT2D eigenvalue weighted by Crippen LogP contribution is -2.46. The minimum Gasteiger partial charge on any atom is -0.337 e. The van der Waals surface area contributed by atoms with Crippen LogP contribution in [0.4, 0.5) is 0 Å². The Hall–Kier alpha value is -1.06. The van der Waals surface area contributed by atoms with Gasteiger partial charge in [-0.25, -0.2) is 0 Å². The van der Waals surface area contributed by atoms with Gasteiger partial charge in [-0.15, -0.1) is 18.1 Å². The molecule has 45 heavy (non-hydrogen) atoms. The second kappa shape index (κ2) is 24.1. The second-order valence-electron chi connectivity index (χ2n) is 12.9. The van der Waals surface area contributed by atoms with Crippen LogP contribution in [0.15, 0.2) is 0 Å². The van der Waals surface area contributed by atoms with Gasteiger partial charge in [-0.05, 0) is 47.1 Å². The summed E-state index contributed by atoms with van der Waals surface area (Å²) in [5, 5.41) is 3.27. The fourth-order valence-corrected chi connectivity index (χ4v) is 7.40. The molecule has 260 valence electrons. The SMILES string of the molecule is CC1CN(C(=O)CCCCCCCCCCCCCCCCCNCC(=O)N2CC(C)O[P+](=O)OC(C)C2)CC(C)O[P+](=O)O1. The summed E-state index contributed by atoms with van der Waals surface area (Å²) in [7, 11) is -4.21. The molecule has 0 aromatic heterocycles. The van der Waals surface area contributed by atoms with Gasteiger partial charge in [0.15, 0.2) is 0 Å². The van der Waals surface area contributed by atoms with Crippen molar-refractivity contribution in [1.29, 1.82) is 0 Å². The highest BCUT2D eigenvalue weighted by molar-refractivity contribution is 7.33. The number of nitrogens with one attached hydrogen (secondary N) is 1. The number of nitrogens with zero attached hydrogens (tertiary/aromatic N) is 2. The summed E-state index contributed by atoms with van der Waals surface area (Å²) in [6.45, 7) is 10.2. The van der Waals surface area contributed by atoms with E-state index in [9.17, 15) is 18.7 Å². The molecule has 2 saturated heterocycles. The maximum absolute atomic E-state index is 12.6. The third-order valence-electron chi connectivity index (χ3n) is 8.20. The first kappa shape index (κ1) is 40.1. The van der Waals surface area contributed by atoms with Gasteiger partial charge in [0, 0.05) is 15.6 Å². The summed E-state index contributed by atoms with van der Waals surface area (Å²) >= 11 is 0. The molecular formula is C32H61N3O8P2+2. The van der Waals surface area contributed by atoms with E-state index in [2.05, 4.69) is 5.32 Å². The number of carbonyl (C=O) groups is 2. The van der Waals surface area contributed by atoms with Crippen LogP contribution in [-0.2, 0) is 36.8 Å². The number of rotatable bonds is 20. The summed E-state index contributed by atoms with van der Waals surface area (Å²) < 4.78 is 44.4. The summed E-state index contributed by atoms with van der Waals surface area (Å²) in [5.74, 6) is 0.164. The Balaban J connectivity index is 1.33. The van der Waals surface area contributed by atoms with Crippen molar-refractivity contribution >= 4 is 28.3 Å². The van der Waals surface area contributed by atoms with Crippen molar-refractivity contribution in [3.8, 4) is 0 Å². The van der Waals surface area contributed by atoms with Crippen LogP contribution in [0.1, 0.15) is 130 Å². The van der Waals surface area contributed by atoms with Gasteiger partial charge in [0.25, 0.3) is 0 Å². The van der Waals surface area contributed by atoms with E-state index in [0.29, 0.717) is 39.1 Å².